The highest BCUT2D eigenvalue weighted by atomic mass is 16.6. The maximum absolute atomic E-state index is 12.3. The molecule has 0 saturated carbocycles. The number of piperidine rings is 1. The van der Waals surface area contributed by atoms with E-state index in [2.05, 4.69) is 0 Å². The lowest BCUT2D eigenvalue weighted by Gasteiger charge is -2.39. The molecule has 1 saturated heterocycles. The van der Waals surface area contributed by atoms with Crippen molar-refractivity contribution in [2.45, 2.75) is 44.8 Å². The SMILES string of the molecule is COC(=O)c1cc(C2(O)CCN(C(=O)OC(C)(C)C)CC2)cc2ccccc12. The van der Waals surface area contributed by atoms with Crippen LogP contribution < -0.4 is 0 Å². The van der Waals surface area contributed by atoms with Crippen molar-refractivity contribution in [1.82, 2.24) is 4.90 Å². The smallest absolute Gasteiger partial charge is 0.410 e. The molecule has 150 valence electrons. The molecule has 0 unspecified atom stereocenters. The van der Waals surface area contributed by atoms with E-state index in [-0.39, 0.29) is 6.09 Å². The molecule has 6 nitrogen and oxygen atoms in total. The lowest BCUT2D eigenvalue weighted by molar-refractivity contribution is -0.0355. The summed E-state index contributed by atoms with van der Waals surface area (Å²) in [7, 11) is 1.35. The fourth-order valence-corrected chi connectivity index (χ4v) is 3.53. The van der Waals surface area contributed by atoms with Gasteiger partial charge in [0.05, 0.1) is 18.3 Å². The van der Waals surface area contributed by atoms with Crippen LogP contribution in [0.5, 0.6) is 0 Å². The lowest BCUT2D eigenvalue weighted by Crippen LogP contribution is -2.46. The Kier molecular flexibility index (Phi) is 5.35. The molecule has 0 radical (unpaired) electrons. The minimum atomic E-state index is -1.12. The Hall–Kier alpha value is -2.60. The first kappa shape index (κ1) is 20.1. The highest BCUT2D eigenvalue weighted by molar-refractivity contribution is 6.04. The number of carbonyl (C=O) groups excluding carboxylic acids is 2. The van der Waals surface area contributed by atoms with Crippen LogP contribution in [0.15, 0.2) is 36.4 Å². The number of nitrogens with zero attached hydrogens (tertiary/aromatic N) is 1. The van der Waals surface area contributed by atoms with Gasteiger partial charge < -0.3 is 19.5 Å². The molecule has 2 aromatic rings. The topological polar surface area (TPSA) is 76.1 Å². The van der Waals surface area contributed by atoms with Crippen molar-refractivity contribution in [3.8, 4) is 0 Å². The van der Waals surface area contributed by atoms with Crippen LogP contribution >= 0.6 is 0 Å². The molecule has 1 aliphatic heterocycles. The van der Waals surface area contributed by atoms with E-state index in [1.54, 1.807) is 11.0 Å². The second-order valence-corrected chi connectivity index (χ2v) is 8.24. The monoisotopic (exact) mass is 385 g/mol. The number of carbonyl (C=O) groups is 2. The molecule has 0 aliphatic carbocycles. The number of methoxy groups -OCH3 is 1. The van der Waals surface area contributed by atoms with Crippen LogP contribution in [0.2, 0.25) is 0 Å². The van der Waals surface area contributed by atoms with E-state index in [4.69, 9.17) is 9.47 Å². The summed E-state index contributed by atoms with van der Waals surface area (Å²) in [6.45, 7) is 6.25. The fourth-order valence-electron chi connectivity index (χ4n) is 3.53. The van der Waals surface area contributed by atoms with Crippen molar-refractivity contribution < 1.29 is 24.2 Å². The van der Waals surface area contributed by atoms with Crippen LogP contribution in [0.4, 0.5) is 4.79 Å². The molecule has 28 heavy (non-hydrogen) atoms. The summed E-state index contributed by atoms with van der Waals surface area (Å²) in [5.74, 6) is -0.437. The molecule has 0 aromatic heterocycles. The summed E-state index contributed by atoms with van der Waals surface area (Å²) in [4.78, 5) is 26.2. The van der Waals surface area contributed by atoms with E-state index >= 15 is 0 Å². The predicted molar refractivity (Wildman–Crippen MR) is 106 cm³/mol. The van der Waals surface area contributed by atoms with Crippen LogP contribution in [0, 0.1) is 0 Å². The third-order valence-corrected chi connectivity index (χ3v) is 5.05. The van der Waals surface area contributed by atoms with Crippen LogP contribution in [0.1, 0.15) is 49.5 Å². The van der Waals surface area contributed by atoms with Crippen molar-refractivity contribution in [2.75, 3.05) is 20.2 Å². The number of ether oxygens (including phenoxy) is 2. The number of hydrogen-bond acceptors (Lipinski definition) is 5. The van der Waals surface area contributed by atoms with Gasteiger partial charge in [0.25, 0.3) is 0 Å². The summed E-state index contributed by atoms with van der Waals surface area (Å²) in [5.41, 5.74) is -0.585. The normalized spacial score (nSPS) is 16.7. The molecule has 2 aromatic carbocycles. The Morgan fingerprint density at radius 1 is 1.11 bits per heavy atom. The minimum Gasteiger partial charge on any atom is -0.465 e. The Morgan fingerprint density at radius 3 is 2.36 bits per heavy atom. The van der Waals surface area contributed by atoms with Gasteiger partial charge in [0, 0.05) is 13.1 Å². The molecule has 0 spiro atoms. The van der Waals surface area contributed by atoms with Crippen molar-refractivity contribution in [3.63, 3.8) is 0 Å². The van der Waals surface area contributed by atoms with E-state index in [0.717, 1.165) is 10.8 Å². The van der Waals surface area contributed by atoms with Gasteiger partial charge in [-0.25, -0.2) is 9.59 Å². The maximum atomic E-state index is 12.3. The zero-order valence-corrected chi connectivity index (χ0v) is 16.8. The Balaban J connectivity index is 1.87. The van der Waals surface area contributed by atoms with E-state index in [0.29, 0.717) is 37.1 Å². The molecule has 3 rings (SSSR count). The number of aliphatic hydroxyl groups is 1. The van der Waals surface area contributed by atoms with E-state index in [1.165, 1.54) is 7.11 Å². The van der Waals surface area contributed by atoms with Crippen molar-refractivity contribution in [2.24, 2.45) is 0 Å². The summed E-state index contributed by atoms with van der Waals surface area (Å²) < 4.78 is 10.3. The molecular weight excluding hydrogens is 358 g/mol. The Labute approximate surface area is 165 Å². The van der Waals surface area contributed by atoms with Crippen LogP contribution in [0.25, 0.3) is 10.8 Å². The van der Waals surface area contributed by atoms with Gasteiger partial charge in [-0.3, -0.25) is 0 Å². The molecular formula is C22H27NO5. The van der Waals surface area contributed by atoms with Gasteiger partial charge in [-0.15, -0.1) is 0 Å². The van der Waals surface area contributed by atoms with E-state index < -0.39 is 17.2 Å². The lowest BCUT2D eigenvalue weighted by atomic mass is 9.82. The summed E-state index contributed by atoms with van der Waals surface area (Å²) in [5, 5.41) is 12.9. The highest BCUT2D eigenvalue weighted by Gasteiger charge is 2.37. The summed E-state index contributed by atoms with van der Waals surface area (Å²) in [6.07, 6.45) is 0.361. The maximum Gasteiger partial charge on any atom is 0.410 e. The second-order valence-electron chi connectivity index (χ2n) is 8.24. The number of benzene rings is 2. The second kappa shape index (κ2) is 7.43. The van der Waals surface area contributed by atoms with Crippen LogP contribution in [-0.4, -0.2) is 47.9 Å². The van der Waals surface area contributed by atoms with Crippen molar-refractivity contribution >= 4 is 22.8 Å². The van der Waals surface area contributed by atoms with Crippen molar-refractivity contribution in [1.29, 1.82) is 0 Å². The zero-order chi connectivity index (χ0) is 20.5. The number of esters is 1. The Bertz CT molecular complexity index is 891. The van der Waals surface area contributed by atoms with Crippen LogP contribution in [0.3, 0.4) is 0 Å². The number of fused-ring (bicyclic) bond motifs is 1. The quantitative estimate of drug-likeness (QED) is 0.795. The van der Waals surface area contributed by atoms with Crippen molar-refractivity contribution in [3.05, 3.63) is 47.5 Å². The predicted octanol–water partition coefficient (Wildman–Crippen LogP) is 3.84. The molecule has 1 N–H and O–H groups in total. The summed E-state index contributed by atoms with van der Waals surface area (Å²) in [6, 6.07) is 11.1. The van der Waals surface area contributed by atoms with Gasteiger partial charge in [-0.05, 0) is 62.1 Å². The largest absolute Gasteiger partial charge is 0.465 e. The first-order valence-electron chi connectivity index (χ1n) is 9.45. The molecule has 1 fully saturated rings. The van der Waals surface area contributed by atoms with Crippen LogP contribution in [-0.2, 0) is 15.1 Å². The first-order chi connectivity index (χ1) is 13.1. The minimum absolute atomic E-state index is 0.366. The molecule has 0 atom stereocenters. The van der Waals surface area contributed by atoms with E-state index in [1.807, 2.05) is 51.1 Å². The average molecular weight is 385 g/mol. The summed E-state index contributed by atoms with van der Waals surface area (Å²) >= 11 is 0. The number of rotatable bonds is 2. The Morgan fingerprint density at radius 2 is 1.75 bits per heavy atom. The molecule has 1 heterocycles. The third kappa shape index (κ3) is 4.12. The van der Waals surface area contributed by atoms with Gasteiger partial charge in [0.15, 0.2) is 0 Å². The van der Waals surface area contributed by atoms with Gasteiger partial charge in [0.2, 0.25) is 0 Å². The third-order valence-electron chi connectivity index (χ3n) is 5.05. The molecule has 1 aliphatic rings. The van der Waals surface area contributed by atoms with Gasteiger partial charge in [-0.2, -0.15) is 0 Å². The first-order valence-corrected chi connectivity index (χ1v) is 9.45. The molecule has 6 heteroatoms. The van der Waals surface area contributed by atoms with E-state index in [9.17, 15) is 14.7 Å². The number of amides is 1. The molecule has 0 bridgehead atoms. The average Bonchev–Trinajstić information content (AvgIpc) is 2.65. The fraction of sp³-hybridized carbons (Fsp3) is 0.455. The number of likely N-dealkylation sites (tertiary alicyclic amines) is 1. The number of hydrogen-bond donors (Lipinski definition) is 1. The van der Waals surface area contributed by atoms with Gasteiger partial charge >= 0.3 is 12.1 Å². The van der Waals surface area contributed by atoms with Gasteiger partial charge in [0.1, 0.15) is 5.60 Å². The standard InChI is InChI=1S/C22H27NO5/c1-21(2,3)28-20(25)23-11-9-22(26,10-12-23)16-13-15-7-5-6-8-17(15)18(14-16)19(24)27-4/h5-8,13-14,26H,9-12H2,1-4H3. The molecule has 1 amide bonds. The zero-order valence-electron chi connectivity index (χ0n) is 16.8. The van der Waals surface area contributed by atoms with Gasteiger partial charge in [-0.1, -0.05) is 24.3 Å². The highest BCUT2D eigenvalue weighted by Crippen LogP contribution is 2.36.